The summed E-state index contributed by atoms with van der Waals surface area (Å²) in [6, 6.07) is 1.26. The molecule has 0 bridgehead atoms. The maximum atomic E-state index is 12.5. The number of hydrogen-bond donors (Lipinski definition) is 2. The fraction of sp³-hybridized carbons (Fsp3) is 0.444. The second-order valence-corrected chi connectivity index (χ2v) is 3.25. The number of carboxylic acid groups (broad SMARTS) is 1. The summed E-state index contributed by atoms with van der Waals surface area (Å²) in [7, 11) is 0. The van der Waals surface area contributed by atoms with E-state index in [1.165, 1.54) is 6.07 Å². The number of rotatable bonds is 6. The molecule has 0 fully saturated rings. The molecular formula is C9H9F4NO3. The average Bonchev–Trinajstić information content (AvgIpc) is 2.65. The van der Waals surface area contributed by atoms with Crippen LogP contribution in [0.25, 0.3) is 0 Å². The molecule has 0 spiro atoms. The van der Waals surface area contributed by atoms with Gasteiger partial charge in [0.05, 0.1) is 12.8 Å². The van der Waals surface area contributed by atoms with Crippen LogP contribution in [0.5, 0.6) is 0 Å². The molecular weight excluding hydrogens is 246 g/mol. The molecule has 0 unspecified atom stereocenters. The quantitative estimate of drug-likeness (QED) is 0.763. The summed E-state index contributed by atoms with van der Waals surface area (Å²) < 4.78 is 53.1. The summed E-state index contributed by atoms with van der Waals surface area (Å²) in [5, 5.41) is 10.7. The average molecular weight is 255 g/mol. The minimum atomic E-state index is -4.15. The minimum absolute atomic E-state index is 0.113. The van der Waals surface area contributed by atoms with E-state index < -0.39 is 30.6 Å². The first-order valence-electron chi connectivity index (χ1n) is 4.51. The number of hydrogen-bond acceptors (Lipinski definition) is 3. The molecule has 4 nitrogen and oxygen atoms in total. The van der Waals surface area contributed by atoms with Gasteiger partial charge in [-0.3, -0.25) is 0 Å². The molecule has 0 radical (unpaired) electrons. The highest BCUT2D eigenvalue weighted by atomic mass is 19.3. The Bertz CT molecular complexity index is 391. The number of furan rings is 1. The van der Waals surface area contributed by atoms with Crippen LogP contribution in [-0.2, 0) is 6.54 Å². The van der Waals surface area contributed by atoms with Gasteiger partial charge in [0.2, 0.25) is 5.76 Å². The highest BCUT2D eigenvalue weighted by molar-refractivity contribution is 5.86. The van der Waals surface area contributed by atoms with Gasteiger partial charge in [-0.25, -0.2) is 13.6 Å². The van der Waals surface area contributed by atoms with Crippen molar-refractivity contribution in [2.75, 3.05) is 6.54 Å². The van der Waals surface area contributed by atoms with Crippen LogP contribution < -0.4 is 5.32 Å². The van der Waals surface area contributed by atoms with Crippen LogP contribution in [0.15, 0.2) is 16.7 Å². The van der Waals surface area contributed by atoms with Crippen molar-refractivity contribution in [2.45, 2.75) is 18.9 Å². The minimum Gasteiger partial charge on any atom is -0.475 e. The van der Waals surface area contributed by atoms with Crippen molar-refractivity contribution in [1.82, 2.24) is 5.32 Å². The predicted octanol–water partition coefficient (Wildman–Crippen LogP) is 1.97. The van der Waals surface area contributed by atoms with Crippen molar-refractivity contribution in [3.63, 3.8) is 0 Å². The number of carbonyl (C=O) groups is 1. The molecule has 1 rings (SSSR count). The molecule has 8 heteroatoms. The molecule has 0 saturated heterocycles. The lowest BCUT2D eigenvalue weighted by molar-refractivity contribution is -0.125. The van der Waals surface area contributed by atoms with E-state index >= 15 is 0 Å². The number of halogens is 4. The summed E-state index contributed by atoms with van der Waals surface area (Å²) in [4.78, 5) is 10.6. The molecule has 0 amide bonds. The molecule has 96 valence electrons. The van der Waals surface area contributed by atoms with Crippen LogP contribution in [0.3, 0.4) is 0 Å². The molecule has 17 heavy (non-hydrogen) atoms. The van der Waals surface area contributed by atoms with Gasteiger partial charge in [-0.1, -0.05) is 0 Å². The number of carboxylic acids is 1. The van der Waals surface area contributed by atoms with Gasteiger partial charge in [0.15, 0.2) is 0 Å². The molecule has 0 aliphatic rings. The Balaban J connectivity index is 2.52. The Morgan fingerprint density at radius 3 is 2.71 bits per heavy atom. The zero-order chi connectivity index (χ0) is 13.1. The van der Waals surface area contributed by atoms with Crippen LogP contribution in [0.2, 0.25) is 0 Å². The van der Waals surface area contributed by atoms with E-state index in [0.717, 1.165) is 6.26 Å². The summed E-state index contributed by atoms with van der Waals surface area (Å²) in [6.45, 7) is -1.53. The molecule has 0 aliphatic heterocycles. The Morgan fingerprint density at radius 1 is 1.53 bits per heavy atom. The van der Waals surface area contributed by atoms with Gasteiger partial charge in [-0.15, -0.1) is 0 Å². The van der Waals surface area contributed by atoms with E-state index in [4.69, 9.17) is 5.11 Å². The lowest BCUT2D eigenvalue weighted by Crippen LogP contribution is -2.38. The summed E-state index contributed by atoms with van der Waals surface area (Å²) in [5.41, 5.74) is 0.113. The van der Waals surface area contributed by atoms with Gasteiger partial charge in [0.1, 0.15) is 0 Å². The van der Waals surface area contributed by atoms with E-state index in [1.807, 2.05) is 0 Å². The molecule has 0 saturated carbocycles. The normalized spacial score (nSPS) is 12.1. The smallest absolute Gasteiger partial charge is 0.372 e. The lowest BCUT2D eigenvalue weighted by atomic mass is 10.2. The first-order valence-corrected chi connectivity index (χ1v) is 4.51. The van der Waals surface area contributed by atoms with Crippen molar-refractivity contribution < 1.29 is 31.9 Å². The highest BCUT2D eigenvalue weighted by Gasteiger charge is 2.40. The van der Waals surface area contributed by atoms with Gasteiger partial charge in [-0.2, -0.15) is 8.78 Å². The lowest BCUT2D eigenvalue weighted by Gasteiger charge is -2.15. The maximum absolute atomic E-state index is 12.5. The maximum Gasteiger partial charge on any atom is 0.372 e. The van der Waals surface area contributed by atoms with Crippen LogP contribution in [0.1, 0.15) is 16.1 Å². The van der Waals surface area contributed by atoms with Gasteiger partial charge in [0, 0.05) is 12.1 Å². The zero-order valence-electron chi connectivity index (χ0n) is 8.42. The molecule has 1 aromatic heterocycles. The van der Waals surface area contributed by atoms with Crippen LogP contribution in [0, 0.1) is 0 Å². The molecule has 0 aliphatic carbocycles. The Hall–Kier alpha value is -1.57. The largest absolute Gasteiger partial charge is 0.475 e. The Labute approximate surface area is 93.2 Å². The Morgan fingerprint density at radius 2 is 2.18 bits per heavy atom. The standard InChI is InChI=1S/C9H9F4NO3/c10-8(11)9(12,13)4-14-3-5-1-2-17-6(5)7(15)16/h1-2,8,14H,3-4H2,(H,15,16). The second kappa shape index (κ2) is 5.17. The van der Waals surface area contributed by atoms with Crippen molar-refractivity contribution in [3.05, 3.63) is 23.7 Å². The summed E-state index contributed by atoms with van der Waals surface area (Å²) in [5.74, 6) is -5.90. The topological polar surface area (TPSA) is 62.5 Å². The predicted molar refractivity (Wildman–Crippen MR) is 48.3 cm³/mol. The van der Waals surface area contributed by atoms with Gasteiger partial charge >= 0.3 is 18.3 Å². The van der Waals surface area contributed by atoms with Crippen molar-refractivity contribution in [1.29, 1.82) is 0 Å². The monoisotopic (exact) mass is 255 g/mol. The van der Waals surface area contributed by atoms with Crippen LogP contribution in [-0.4, -0.2) is 30.0 Å². The first-order chi connectivity index (χ1) is 7.84. The fourth-order valence-electron chi connectivity index (χ4n) is 1.10. The number of aromatic carboxylic acids is 1. The van der Waals surface area contributed by atoms with Gasteiger partial charge in [-0.05, 0) is 6.07 Å². The van der Waals surface area contributed by atoms with Crippen LogP contribution >= 0.6 is 0 Å². The SMILES string of the molecule is O=C(O)c1occc1CNCC(F)(F)C(F)F. The van der Waals surface area contributed by atoms with Crippen molar-refractivity contribution in [2.24, 2.45) is 0 Å². The van der Waals surface area contributed by atoms with E-state index in [-0.39, 0.29) is 12.1 Å². The number of nitrogens with one attached hydrogen (secondary N) is 1. The zero-order valence-corrected chi connectivity index (χ0v) is 8.42. The highest BCUT2D eigenvalue weighted by Crippen LogP contribution is 2.21. The van der Waals surface area contributed by atoms with Gasteiger partial charge in [0.25, 0.3) is 0 Å². The van der Waals surface area contributed by atoms with E-state index in [1.54, 1.807) is 0 Å². The van der Waals surface area contributed by atoms with E-state index in [9.17, 15) is 22.4 Å². The first kappa shape index (κ1) is 13.5. The third-order valence-corrected chi connectivity index (χ3v) is 1.94. The van der Waals surface area contributed by atoms with Crippen molar-refractivity contribution in [3.8, 4) is 0 Å². The second-order valence-electron chi connectivity index (χ2n) is 3.25. The third-order valence-electron chi connectivity index (χ3n) is 1.94. The number of alkyl halides is 4. The molecule has 1 heterocycles. The molecule has 0 atom stereocenters. The van der Waals surface area contributed by atoms with E-state index in [0.29, 0.717) is 0 Å². The fourth-order valence-corrected chi connectivity index (χ4v) is 1.10. The van der Waals surface area contributed by atoms with Crippen molar-refractivity contribution >= 4 is 5.97 Å². The molecule has 2 N–H and O–H groups in total. The summed E-state index contributed by atoms with van der Waals surface area (Å²) in [6.07, 6.45) is -2.69. The van der Waals surface area contributed by atoms with Gasteiger partial charge < -0.3 is 14.8 Å². The molecule has 1 aromatic rings. The molecule has 0 aromatic carbocycles. The van der Waals surface area contributed by atoms with Crippen LogP contribution in [0.4, 0.5) is 17.6 Å². The summed E-state index contributed by atoms with van der Waals surface area (Å²) >= 11 is 0. The third kappa shape index (κ3) is 3.45. The van der Waals surface area contributed by atoms with E-state index in [2.05, 4.69) is 9.73 Å². The Kier molecular flexibility index (Phi) is 4.11.